The van der Waals surface area contributed by atoms with Crippen molar-refractivity contribution in [2.75, 3.05) is 19.7 Å². The first kappa shape index (κ1) is 42.2. The number of benzene rings is 1. The minimum Gasteiger partial charge on any atom is -0.444 e. The molecule has 2 aliphatic rings. The molecule has 0 unspecified atom stereocenters. The van der Waals surface area contributed by atoms with Gasteiger partial charge in [0, 0.05) is 18.7 Å². The molecular weight excluding hydrogens is 632 g/mol. The maximum atomic E-state index is 14.4. The van der Waals surface area contributed by atoms with Crippen LogP contribution in [0.5, 0.6) is 0 Å². The van der Waals surface area contributed by atoms with Crippen LogP contribution in [0.25, 0.3) is 0 Å². The van der Waals surface area contributed by atoms with Crippen molar-refractivity contribution in [1.29, 1.82) is 0 Å². The van der Waals surface area contributed by atoms with Crippen molar-refractivity contribution in [3.63, 3.8) is 0 Å². The molecule has 1 atom stereocenters. The molecule has 4 amide bonds. The standard InChI is InChI=1S/C38H56N4O6.C2H6/c1-9-11-18-27(3)23-29-30(38(40-32(29)43)21-16-13-17-22-38)24-42(10-2)33(44)31(26-47-25-28-19-14-12-15-20-28)39-34(45)37(7,8)41-35(46)48-36(4,5)6;1-2/h9,11-12,14-15,18-20,31H,10,13,16-17,21-26H2,1-8H3,(H,39,45)(H,40,43)(H,41,46);1-2H3/b11-9-,27-18+;/t31-;/m1./s1. The van der Waals surface area contributed by atoms with E-state index >= 15 is 0 Å². The molecular formula is C40H62N4O6. The van der Waals surface area contributed by atoms with Crippen LogP contribution in [0.4, 0.5) is 4.79 Å². The number of hydrogen-bond donors (Lipinski definition) is 3. The zero-order chi connectivity index (χ0) is 37.5. The number of hydrogen-bond acceptors (Lipinski definition) is 6. The Balaban J connectivity index is 0.00000425. The number of rotatable bonds is 14. The number of allylic oxidation sites excluding steroid dienone is 4. The van der Waals surface area contributed by atoms with E-state index in [0.717, 1.165) is 48.8 Å². The van der Waals surface area contributed by atoms with Crippen LogP contribution in [-0.2, 0) is 30.5 Å². The van der Waals surface area contributed by atoms with Gasteiger partial charge in [-0.1, -0.05) is 87.2 Å². The lowest BCUT2D eigenvalue weighted by Gasteiger charge is -2.39. The van der Waals surface area contributed by atoms with Crippen molar-refractivity contribution in [2.24, 2.45) is 0 Å². The van der Waals surface area contributed by atoms with Gasteiger partial charge < -0.3 is 30.3 Å². The predicted octanol–water partition coefficient (Wildman–Crippen LogP) is 6.91. The third kappa shape index (κ3) is 12.4. The molecule has 3 rings (SSSR count). The van der Waals surface area contributed by atoms with Crippen LogP contribution in [0.1, 0.15) is 113 Å². The molecule has 0 radical (unpaired) electrons. The van der Waals surface area contributed by atoms with Crippen LogP contribution in [0, 0.1) is 0 Å². The summed E-state index contributed by atoms with van der Waals surface area (Å²) < 4.78 is 11.4. The molecule has 1 aliphatic heterocycles. The monoisotopic (exact) mass is 694 g/mol. The summed E-state index contributed by atoms with van der Waals surface area (Å²) in [6, 6.07) is 8.54. The van der Waals surface area contributed by atoms with E-state index in [9.17, 15) is 19.2 Å². The summed E-state index contributed by atoms with van der Waals surface area (Å²) >= 11 is 0. The Morgan fingerprint density at radius 2 is 1.68 bits per heavy atom. The fourth-order valence-corrected chi connectivity index (χ4v) is 6.16. The number of nitrogens with one attached hydrogen (secondary N) is 3. The Morgan fingerprint density at radius 1 is 1.04 bits per heavy atom. The maximum Gasteiger partial charge on any atom is 0.408 e. The average molecular weight is 695 g/mol. The van der Waals surface area contributed by atoms with Gasteiger partial charge in [-0.25, -0.2) is 4.79 Å². The lowest BCUT2D eigenvalue weighted by Crippen LogP contribution is -2.61. The van der Waals surface area contributed by atoms with Crippen LogP contribution >= 0.6 is 0 Å². The summed E-state index contributed by atoms with van der Waals surface area (Å²) in [5.74, 6) is -0.961. The van der Waals surface area contributed by atoms with Crippen molar-refractivity contribution >= 4 is 23.8 Å². The highest BCUT2D eigenvalue weighted by Crippen LogP contribution is 2.41. The average Bonchev–Trinajstić information content (AvgIpc) is 3.30. The van der Waals surface area contributed by atoms with Gasteiger partial charge in [0.1, 0.15) is 17.2 Å². The number of amides is 4. The summed E-state index contributed by atoms with van der Waals surface area (Å²) in [6.07, 6.45) is 10.4. The Kier molecular flexibility index (Phi) is 16.4. The van der Waals surface area contributed by atoms with Gasteiger partial charge in [-0.15, -0.1) is 0 Å². The molecule has 1 aliphatic carbocycles. The molecule has 50 heavy (non-hydrogen) atoms. The predicted molar refractivity (Wildman–Crippen MR) is 199 cm³/mol. The highest BCUT2D eigenvalue weighted by atomic mass is 16.6. The zero-order valence-electron chi connectivity index (χ0n) is 32.2. The highest BCUT2D eigenvalue weighted by molar-refractivity contribution is 5.99. The third-order valence-electron chi connectivity index (χ3n) is 8.73. The SMILES string of the molecule is C/C=C\C=C(/C)CC1=C(CN(CC)C(=O)[C@@H](COCc2ccccc2)NC(=O)C(C)(C)NC(=O)OC(C)(C)C)C2(CCCCC2)NC1=O.CC. The van der Waals surface area contributed by atoms with Crippen molar-refractivity contribution in [3.8, 4) is 0 Å². The van der Waals surface area contributed by atoms with Gasteiger partial charge >= 0.3 is 6.09 Å². The van der Waals surface area contributed by atoms with Crippen molar-refractivity contribution < 1.29 is 28.7 Å². The van der Waals surface area contributed by atoms with E-state index in [0.29, 0.717) is 18.5 Å². The quantitative estimate of drug-likeness (QED) is 0.182. The lowest BCUT2D eigenvalue weighted by atomic mass is 9.76. The topological polar surface area (TPSA) is 126 Å². The van der Waals surface area contributed by atoms with Crippen LogP contribution in [-0.4, -0.2) is 71.1 Å². The van der Waals surface area contributed by atoms with E-state index in [-0.39, 0.29) is 31.6 Å². The van der Waals surface area contributed by atoms with Crippen LogP contribution in [0.3, 0.4) is 0 Å². The van der Waals surface area contributed by atoms with Crippen LogP contribution in [0.2, 0.25) is 0 Å². The normalized spacial score (nSPS) is 16.8. The summed E-state index contributed by atoms with van der Waals surface area (Å²) in [5, 5.41) is 8.80. The Labute approximate surface area is 300 Å². The van der Waals surface area contributed by atoms with Gasteiger partial charge in [0.05, 0.1) is 18.8 Å². The third-order valence-corrected chi connectivity index (χ3v) is 8.73. The van der Waals surface area contributed by atoms with Gasteiger partial charge in [0.25, 0.3) is 0 Å². The first-order valence-electron chi connectivity index (χ1n) is 18.2. The fourth-order valence-electron chi connectivity index (χ4n) is 6.16. The molecule has 0 aromatic heterocycles. The molecule has 1 aromatic rings. The van der Waals surface area contributed by atoms with Crippen molar-refractivity contribution in [1.82, 2.24) is 20.9 Å². The first-order valence-corrected chi connectivity index (χ1v) is 18.2. The molecule has 1 heterocycles. The lowest BCUT2D eigenvalue weighted by molar-refractivity contribution is -0.139. The van der Waals surface area contributed by atoms with Gasteiger partial charge in [0.15, 0.2) is 0 Å². The second-order valence-corrected chi connectivity index (χ2v) is 14.4. The molecule has 0 saturated heterocycles. The fraction of sp³-hybridized carbons (Fsp3) is 0.600. The van der Waals surface area contributed by atoms with Gasteiger partial charge in [0.2, 0.25) is 17.7 Å². The molecule has 10 heteroatoms. The summed E-state index contributed by atoms with van der Waals surface area (Å²) in [7, 11) is 0. The van der Waals surface area contributed by atoms with Crippen LogP contribution in [0.15, 0.2) is 65.3 Å². The molecule has 0 bridgehead atoms. The smallest absolute Gasteiger partial charge is 0.408 e. The molecule has 1 fully saturated rings. The van der Waals surface area contributed by atoms with E-state index in [1.165, 1.54) is 0 Å². The zero-order valence-corrected chi connectivity index (χ0v) is 32.2. The Bertz CT molecular complexity index is 1380. The van der Waals surface area contributed by atoms with Gasteiger partial charge in [-0.3, -0.25) is 14.4 Å². The maximum absolute atomic E-state index is 14.4. The number of likely N-dealkylation sites (N-methyl/N-ethyl adjacent to an activating group) is 1. The number of ether oxygens (including phenoxy) is 2. The summed E-state index contributed by atoms with van der Waals surface area (Å²) in [4.78, 5) is 55.8. The molecule has 278 valence electrons. The molecule has 1 aromatic carbocycles. The van der Waals surface area contributed by atoms with E-state index in [4.69, 9.17) is 9.47 Å². The number of carbonyl (C=O) groups is 4. The highest BCUT2D eigenvalue weighted by Gasteiger charge is 2.46. The molecule has 10 nitrogen and oxygen atoms in total. The first-order chi connectivity index (χ1) is 23.6. The molecule has 3 N–H and O–H groups in total. The van der Waals surface area contributed by atoms with Crippen molar-refractivity contribution in [3.05, 3.63) is 70.8 Å². The van der Waals surface area contributed by atoms with Crippen LogP contribution < -0.4 is 16.0 Å². The number of nitrogens with zero attached hydrogens (tertiary/aromatic N) is 1. The summed E-state index contributed by atoms with van der Waals surface area (Å²) in [6.45, 7) is 19.0. The Morgan fingerprint density at radius 3 is 2.26 bits per heavy atom. The van der Waals surface area contributed by atoms with Gasteiger partial charge in [-0.2, -0.15) is 0 Å². The van der Waals surface area contributed by atoms with E-state index in [1.54, 1.807) is 39.5 Å². The molecule has 1 spiro atoms. The molecule has 1 saturated carbocycles. The second-order valence-electron chi connectivity index (χ2n) is 14.4. The van der Waals surface area contributed by atoms with Gasteiger partial charge in [-0.05, 0) is 85.8 Å². The Hall–Kier alpha value is -3.92. The van der Waals surface area contributed by atoms with E-state index in [2.05, 4.69) is 16.0 Å². The largest absolute Gasteiger partial charge is 0.444 e. The number of alkyl carbamates (subject to hydrolysis) is 1. The second kappa shape index (κ2) is 19.5. The minimum atomic E-state index is -1.39. The van der Waals surface area contributed by atoms with Crippen molar-refractivity contribution in [2.45, 2.75) is 137 Å². The number of carbonyl (C=O) groups excluding carboxylic acids is 4. The van der Waals surface area contributed by atoms with E-state index in [1.807, 2.05) is 83.2 Å². The minimum absolute atomic E-state index is 0.0744. The summed E-state index contributed by atoms with van der Waals surface area (Å²) in [5.41, 5.74) is 1.03. The van der Waals surface area contributed by atoms with E-state index < -0.39 is 34.7 Å².